The highest BCUT2D eigenvalue weighted by atomic mass is 28.3. The maximum Gasteiger partial charge on any atom is 0.239 e. The molecule has 0 aliphatic rings. The standard InChI is InChI=1S/C18H24OSi/c1-18(2,3)14-15-19-20(16-10-6-4-7-11-16)17-12-8-5-9-13-17/h4-13,20H,14-15H2,1-3H3. The lowest BCUT2D eigenvalue weighted by Gasteiger charge is -2.22. The first-order chi connectivity index (χ1) is 9.56. The first kappa shape index (κ1) is 15.0. The Bertz CT molecular complexity index is 462. The fraction of sp³-hybridized carbons (Fsp3) is 0.333. The van der Waals surface area contributed by atoms with Crippen molar-refractivity contribution < 1.29 is 4.43 Å². The van der Waals surface area contributed by atoms with E-state index in [9.17, 15) is 0 Å². The van der Waals surface area contributed by atoms with E-state index in [0.29, 0.717) is 5.41 Å². The molecule has 0 N–H and O–H groups in total. The smallest absolute Gasteiger partial charge is 0.239 e. The van der Waals surface area contributed by atoms with Crippen molar-refractivity contribution >= 4 is 19.4 Å². The van der Waals surface area contributed by atoms with Gasteiger partial charge < -0.3 is 4.43 Å². The van der Waals surface area contributed by atoms with Crippen LogP contribution in [0.25, 0.3) is 0 Å². The van der Waals surface area contributed by atoms with Gasteiger partial charge >= 0.3 is 0 Å². The molecule has 20 heavy (non-hydrogen) atoms. The minimum atomic E-state index is -1.54. The predicted octanol–water partition coefficient (Wildman–Crippen LogP) is 2.98. The van der Waals surface area contributed by atoms with Crippen LogP contribution in [0.1, 0.15) is 27.2 Å². The fourth-order valence-electron chi connectivity index (χ4n) is 2.12. The SMILES string of the molecule is CC(C)(C)CCO[SiH](c1ccccc1)c1ccccc1. The predicted molar refractivity (Wildman–Crippen MR) is 89.3 cm³/mol. The van der Waals surface area contributed by atoms with Crippen molar-refractivity contribution in [3.8, 4) is 0 Å². The highest BCUT2D eigenvalue weighted by Gasteiger charge is 2.18. The zero-order valence-electron chi connectivity index (χ0n) is 12.7. The number of rotatable bonds is 5. The maximum atomic E-state index is 6.33. The Hall–Kier alpha value is -1.38. The van der Waals surface area contributed by atoms with Crippen LogP contribution in [0.15, 0.2) is 60.7 Å². The van der Waals surface area contributed by atoms with E-state index in [0.717, 1.165) is 13.0 Å². The van der Waals surface area contributed by atoms with Crippen LogP contribution in [0.4, 0.5) is 0 Å². The Morgan fingerprint density at radius 3 is 1.65 bits per heavy atom. The summed E-state index contributed by atoms with van der Waals surface area (Å²) in [6.07, 6.45) is 1.09. The zero-order chi connectivity index (χ0) is 14.4. The highest BCUT2D eigenvalue weighted by molar-refractivity contribution is 6.80. The first-order valence-corrected chi connectivity index (χ1v) is 8.90. The summed E-state index contributed by atoms with van der Waals surface area (Å²) in [4.78, 5) is 0. The van der Waals surface area contributed by atoms with E-state index >= 15 is 0 Å². The summed E-state index contributed by atoms with van der Waals surface area (Å²) in [5.41, 5.74) is 0.326. The molecular formula is C18H24OSi. The average molecular weight is 284 g/mol. The molecule has 0 atom stereocenters. The van der Waals surface area contributed by atoms with Crippen LogP contribution in [0.3, 0.4) is 0 Å². The van der Waals surface area contributed by atoms with Crippen LogP contribution < -0.4 is 10.4 Å². The second kappa shape index (κ2) is 6.87. The Kier molecular flexibility index (Phi) is 5.15. The van der Waals surface area contributed by atoms with Crippen molar-refractivity contribution in [3.05, 3.63) is 60.7 Å². The molecular weight excluding hydrogens is 260 g/mol. The molecule has 0 aromatic heterocycles. The van der Waals surface area contributed by atoms with Gasteiger partial charge in [-0.15, -0.1) is 0 Å². The monoisotopic (exact) mass is 284 g/mol. The van der Waals surface area contributed by atoms with Gasteiger partial charge in [0.1, 0.15) is 0 Å². The summed E-state index contributed by atoms with van der Waals surface area (Å²) >= 11 is 0. The van der Waals surface area contributed by atoms with Crippen molar-refractivity contribution in [2.75, 3.05) is 6.61 Å². The summed E-state index contributed by atoms with van der Waals surface area (Å²) in [6.45, 7) is 7.62. The van der Waals surface area contributed by atoms with Crippen LogP contribution in [-0.4, -0.2) is 15.6 Å². The molecule has 106 valence electrons. The van der Waals surface area contributed by atoms with E-state index in [-0.39, 0.29) is 0 Å². The lowest BCUT2D eigenvalue weighted by molar-refractivity contribution is 0.250. The molecule has 0 unspecified atom stereocenters. The van der Waals surface area contributed by atoms with Crippen molar-refractivity contribution in [3.63, 3.8) is 0 Å². The van der Waals surface area contributed by atoms with Gasteiger partial charge in [0.25, 0.3) is 0 Å². The fourth-order valence-corrected chi connectivity index (χ4v) is 4.39. The molecule has 2 aromatic carbocycles. The van der Waals surface area contributed by atoms with Gasteiger partial charge in [0.15, 0.2) is 0 Å². The molecule has 0 aliphatic heterocycles. The minimum absolute atomic E-state index is 0.326. The van der Waals surface area contributed by atoms with Crippen LogP contribution in [0.2, 0.25) is 0 Å². The Morgan fingerprint density at radius 2 is 1.25 bits per heavy atom. The number of hydrogen-bond donors (Lipinski definition) is 0. The topological polar surface area (TPSA) is 9.23 Å². The van der Waals surface area contributed by atoms with E-state index in [1.165, 1.54) is 10.4 Å². The molecule has 0 bridgehead atoms. The Labute approximate surface area is 124 Å². The quantitative estimate of drug-likeness (QED) is 0.767. The highest BCUT2D eigenvalue weighted by Crippen LogP contribution is 2.18. The van der Waals surface area contributed by atoms with Gasteiger partial charge in [0.2, 0.25) is 9.04 Å². The summed E-state index contributed by atoms with van der Waals surface area (Å²) in [5.74, 6) is 0. The van der Waals surface area contributed by atoms with E-state index < -0.39 is 9.04 Å². The van der Waals surface area contributed by atoms with Gasteiger partial charge in [-0.05, 0) is 22.2 Å². The lowest BCUT2D eigenvalue weighted by atomic mass is 9.93. The van der Waals surface area contributed by atoms with Crippen LogP contribution >= 0.6 is 0 Å². The van der Waals surface area contributed by atoms with Gasteiger partial charge in [-0.2, -0.15) is 0 Å². The molecule has 0 amide bonds. The first-order valence-electron chi connectivity index (χ1n) is 7.28. The second-order valence-corrected chi connectivity index (χ2v) is 8.81. The van der Waals surface area contributed by atoms with E-state index in [1.807, 2.05) is 0 Å². The van der Waals surface area contributed by atoms with E-state index in [2.05, 4.69) is 81.4 Å². The molecule has 2 rings (SSSR count). The maximum absolute atomic E-state index is 6.33. The second-order valence-electron chi connectivity index (χ2n) is 6.38. The molecule has 0 fully saturated rings. The summed E-state index contributed by atoms with van der Waals surface area (Å²) in [7, 11) is -1.54. The number of hydrogen-bond acceptors (Lipinski definition) is 1. The van der Waals surface area contributed by atoms with Crippen LogP contribution in [0, 0.1) is 5.41 Å². The van der Waals surface area contributed by atoms with Gasteiger partial charge in [0, 0.05) is 6.61 Å². The van der Waals surface area contributed by atoms with Gasteiger partial charge in [-0.3, -0.25) is 0 Å². The van der Waals surface area contributed by atoms with Gasteiger partial charge in [-0.25, -0.2) is 0 Å². The third-order valence-electron chi connectivity index (χ3n) is 3.34. The normalized spacial score (nSPS) is 11.8. The van der Waals surface area contributed by atoms with E-state index in [1.54, 1.807) is 0 Å². The van der Waals surface area contributed by atoms with Gasteiger partial charge in [-0.1, -0.05) is 81.4 Å². The van der Waals surface area contributed by atoms with Crippen LogP contribution in [-0.2, 0) is 4.43 Å². The van der Waals surface area contributed by atoms with Crippen molar-refractivity contribution in [1.82, 2.24) is 0 Å². The van der Waals surface area contributed by atoms with Crippen LogP contribution in [0.5, 0.6) is 0 Å². The van der Waals surface area contributed by atoms with Crippen molar-refractivity contribution in [2.24, 2.45) is 5.41 Å². The Morgan fingerprint density at radius 1 is 0.800 bits per heavy atom. The lowest BCUT2D eigenvalue weighted by Crippen LogP contribution is -2.45. The third-order valence-corrected chi connectivity index (χ3v) is 5.89. The molecule has 0 radical (unpaired) electrons. The van der Waals surface area contributed by atoms with Crippen molar-refractivity contribution in [1.29, 1.82) is 0 Å². The third kappa shape index (κ3) is 4.62. The molecule has 0 saturated carbocycles. The largest absolute Gasteiger partial charge is 0.411 e. The molecule has 0 heterocycles. The molecule has 0 aliphatic carbocycles. The Balaban J connectivity index is 2.13. The molecule has 0 saturated heterocycles. The number of benzene rings is 2. The molecule has 0 spiro atoms. The molecule has 1 nitrogen and oxygen atoms in total. The minimum Gasteiger partial charge on any atom is -0.411 e. The molecule has 2 heteroatoms. The van der Waals surface area contributed by atoms with E-state index in [4.69, 9.17) is 4.43 Å². The summed E-state index contributed by atoms with van der Waals surface area (Å²) < 4.78 is 6.33. The molecule has 2 aromatic rings. The summed E-state index contributed by atoms with van der Waals surface area (Å²) in [5, 5.41) is 2.71. The zero-order valence-corrected chi connectivity index (χ0v) is 13.8. The average Bonchev–Trinajstić information content (AvgIpc) is 2.44. The summed E-state index contributed by atoms with van der Waals surface area (Å²) in [6, 6.07) is 21.3. The van der Waals surface area contributed by atoms with Gasteiger partial charge in [0.05, 0.1) is 0 Å². The van der Waals surface area contributed by atoms with Crippen molar-refractivity contribution in [2.45, 2.75) is 27.2 Å².